The first-order chi connectivity index (χ1) is 15.4. The third kappa shape index (κ3) is 4.74. The SMILES string of the molecule is Cc1ccc(C(=O)N(Cc2ccc(Cl)cc2)c2cc(-c3ccccc3)sc2C(=O)O)cc1. The molecular weight excluding hydrogens is 442 g/mol. The highest BCUT2D eigenvalue weighted by Gasteiger charge is 2.26. The summed E-state index contributed by atoms with van der Waals surface area (Å²) in [4.78, 5) is 28.1. The normalized spacial score (nSPS) is 10.7. The Kier molecular flexibility index (Phi) is 6.40. The van der Waals surface area contributed by atoms with Crippen LogP contribution >= 0.6 is 22.9 Å². The Bertz CT molecular complexity index is 1250. The maximum atomic E-state index is 13.6. The number of aromatic carboxylic acids is 1. The number of carbonyl (C=O) groups is 2. The van der Waals surface area contributed by atoms with Gasteiger partial charge < -0.3 is 10.0 Å². The van der Waals surface area contributed by atoms with Crippen LogP contribution in [0.3, 0.4) is 0 Å². The highest BCUT2D eigenvalue weighted by Crippen LogP contribution is 2.38. The summed E-state index contributed by atoms with van der Waals surface area (Å²) < 4.78 is 0. The van der Waals surface area contributed by atoms with E-state index in [1.165, 1.54) is 4.90 Å². The molecule has 1 aromatic heterocycles. The van der Waals surface area contributed by atoms with E-state index in [1.807, 2.05) is 61.5 Å². The number of carbonyl (C=O) groups excluding carboxylic acids is 1. The zero-order valence-electron chi connectivity index (χ0n) is 17.3. The molecular formula is C26H20ClNO3S. The molecule has 0 bridgehead atoms. The molecule has 1 N–H and O–H groups in total. The van der Waals surface area contributed by atoms with Crippen molar-refractivity contribution in [3.8, 4) is 10.4 Å². The standard InChI is InChI=1S/C26H20ClNO3S/c1-17-7-11-20(12-8-17)25(29)28(16-18-9-13-21(27)14-10-18)22-15-23(32-24(22)26(30)31)19-5-3-2-4-6-19/h2-15H,16H2,1H3,(H,30,31). The molecule has 1 heterocycles. The van der Waals surface area contributed by atoms with Gasteiger partial charge in [0, 0.05) is 15.5 Å². The Hall–Kier alpha value is -3.41. The lowest BCUT2D eigenvalue weighted by Gasteiger charge is -2.23. The minimum Gasteiger partial charge on any atom is -0.477 e. The number of thiophene rings is 1. The van der Waals surface area contributed by atoms with Gasteiger partial charge in [0.15, 0.2) is 0 Å². The third-order valence-corrected chi connectivity index (χ3v) is 6.47. The molecule has 0 aliphatic heterocycles. The van der Waals surface area contributed by atoms with Gasteiger partial charge in [-0.3, -0.25) is 4.79 Å². The second-order valence-corrected chi connectivity index (χ2v) is 8.87. The molecule has 160 valence electrons. The van der Waals surface area contributed by atoms with E-state index in [0.29, 0.717) is 16.3 Å². The zero-order chi connectivity index (χ0) is 22.7. The fourth-order valence-electron chi connectivity index (χ4n) is 3.37. The summed E-state index contributed by atoms with van der Waals surface area (Å²) in [6.07, 6.45) is 0. The predicted octanol–water partition coefficient (Wildman–Crippen LogP) is 6.92. The van der Waals surface area contributed by atoms with E-state index in [1.54, 1.807) is 30.3 Å². The second-order valence-electron chi connectivity index (χ2n) is 7.38. The first-order valence-electron chi connectivity index (χ1n) is 9.98. The smallest absolute Gasteiger partial charge is 0.348 e. The summed E-state index contributed by atoms with van der Waals surface area (Å²) in [6.45, 7) is 2.17. The fraction of sp³-hybridized carbons (Fsp3) is 0.0769. The van der Waals surface area contributed by atoms with Crippen molar-refractivity contribution in [2.45, 2.75) is 13.5 Å². The van der Waals surface area contributed by atoms with Crippen molar-refractivity contribution in [3.63, 3.8) is 0 Å². The lowest BCUT2D eigenvalue weighted by molar-refractivity contribution is 0.0703. The monoisotopic (exact) mass is 461 g/mol. The Labute approximate surface area is 195 Å². The summed E-state index contributed by atoms with van der Waals surface area (Å²) >= 11 is 7.18. The van der Waals surface area contributed by atoms with Crippen LogP contribution in [0.1, 0.15) is 31.2 Å². The quantitative estimate of drug-likeness (QED) is 0.339. The predicted molar refractivity (Wildman–Crippen MR) is 130 cm³/mol. The molecule has 4 nitrogen and oxygen atoms in total. The topological polar surface area (TPSA) is 57.6 Å². The molecule has 4 rings (SSSR count). The second kappa shape index (κ2) is 9.39. The molecule has 0 atom stereocenters. The van der Waals surface area contributed by atoms with E-state index in [9.17, 15) is 14.7 Å². The van der Waals surface area contributed by atoms with E-state index in [-0.39, 0.29) is 17.3 Å². The molecule has 4 aromatic rings. The molecule has 0 fully saturated rings. The molecule has 6 heteroatoms. The first-order valence-corrected chi connectivity index (χ1v) is 11.2. The highest BCUT2D eigenvalue weighted by atomic mass is 35.5. The molecule has 32 heavy (non-hydrogen) atoms. The summed E-state index contributed by atoms with van der Waals surface area (Å²) in [5.74, 6) is -1.33. The minimum atomic E-state index is -1.06. The number of rotatable bonds is 6. The number of carboxylic acid groups (broad SMARTS) is 1. The van der Waals surface area contributed by atoms with Crippen LogP contribution in [0.5, 0.6) is 0 Å². The minimum absolute atomic E-state index is 0.123. The van der Waals surface area contributed by atoms with Crippen molar-refractivity contribution in [1.82, 2.24) is 0 Å². The van der Waals surface area contributed by atoms with Gasteiger partial charge in [-0.1, -0.05) is 71.8 Å². The Morgan fingerprint density at radius 3 is 2.22 bits per heavy atom. The van der Waals surface area contributed by atoms with Gasteiger partial charge in [-0.15, -0.1) is 11.3 Å². The number of hydrogen-bond acceptors (Lipinski definition) is 3. The van der Waals surface area contributed by atoms with Crippen LogP contribution in [0.4, 0.5) is 5.69 Å². The van der Waals surface area contributed by atoms with Crippen LogP contribution in [-0.4, -0.2) is 17.0 Å². The average molecular weight is 462 g/mol. The molecule has 0 saturated heterocycles. The van der Waals surface area contributed by atoms with Gasteiger partial charge >= 0.3 is 5.97 Å². The van der Waals surface area contributed by atoms with Crippen LogP contribution in [0, 0.1) is 6.92 Å². The molecule has 0 aliphatic carbocycles. The number of carboxylic acids is 1. The summed E-state index contributed by atoms with van der Waals surface area (Å²) in [7, 11) is 0. The van der Waals surface area contributed by atoms with E-state index in [2.05, 4.69) is 0 Å². The number of halogens is 1. The summed E-state index contributed by atoms with van der Waals surface area (Å²) in [5.41, 5.74) is 3.66. The number of aryl methyl sites for hydroxylation is 1. The largest absolute Gasteiger partial charge is 0.477 e. The average Bonchev–Trinajstić information content (AvgIpc) is 3.25. The number of hydrogen-bond donors (Lipinski definition) is 1. The van der Waals surface area contributed by atoms with Gasteiger partial charge in [0.1, 0.15) is 4.88 Å². The van der Waals surface area contributed by atoms with Crippen LogP contribution in [0.25, 0.3) is 10.4 Å². The number of amides is 1. The van der Waals surface area contributed by atoms with Gasteiger partial charge in [-0.25, -0.2) is 4.79 Å². The van der Waals surface area contributed by atoms with Crippen LogP contribution in [0.2, 0.25) is 5.02 Å². The van der Waals surface area contributed by atoms with Gasteiger partial charge in [-0.05, 0) is 48.4 Å². The maximum absolute atomic E-state index is 13.6. The summed E-state index contributed by atoms with van der Waals surface area (Å²) in [5, 5.41) is 10.5. The number of anilines is 1. The Morgan fingerprint density at radius 2 is 1.59 bits per heavy atom. The zero-order valence-corrected chi connectivity index (χ0v) is 18.9. The molecule has 3 aromatic carbocycles. The lowest BCUT2D eigenvalue weighted by atomic mass is 10.1. The van der Waals surface area contributed by atoms with E-state index in [4.69, 9.17) is 11.6 Å². The van der Waals surface area contributed by atoms with Crippen molar-refractivity contribution in [2.75, 3.05) is 4.90 Å². The third-order valence-electron chi connectivity index (χ3n) is 5.05. The Balaban J connectivity index is 1.82. The molecule has 0 aliphatic rings. The van der Waals surface area contributed by atoms with E-state index in [0.717, 1.165) is 32.9 Å². The molecule has 0 radical (unpaired) electrons. The van der Waals surface area contributed by atoms with Crippen molar-refractivity contribution < 1.29 is 14.7 Å². The van der Waals surface area contributed by atoms with Crippen molar-refractivity contribution in [2.24, 2.45) is 0 Å². The van der Waals surface area contributed by atoms with E-state index >= 15 is 0 Å². The van der Waals surface area contributed by atoms with Crippen molar-refractivity contribution >= 4 is 40.5 Å². The van der Waals surface area contributed by atoms with Crippen LogP contribution in [0.15, 0.2) is 84.9 Å². The van der Waals surface area contributed by atoms with Crippen LogP contribution in [-0.2, 0) is 6.54 Å². The first kappa shape index (κ1) is 21.8. The molecule has 0 saturated carbocycles. The highest BCUT2D eigenvalue weighted by molar-refractivity contribution is 7.18. The van der Waals surface area contributed by atoms with E-state index < -0.39 is 5.97 Å². The van der Waals surface area contributed by atoms with Gasteiger partial charge in [-0.2, -0.15) is 0 Å². The van der Waals surface area contributed by atoms with Crippen molar-refractivity contribution in [1.29, 1.82) is 0 Å². The molecule has 0 unspecified atom stereocenters. The molecule has 1 amide bonds. The molecule has 0 spiro atoms. The van der Waals surface area contributed by atoms with Gasteiger partial charge in [0.2, 0.25) is 0 Å². The maximum Gasteiger partial charge on any atom is 0.348 e. The number of nitrogens with zero attached hydrogens (tertiary/aromatic N) is 1. The fourth-order valence-corrected chi connectivity index (χ4v) is 4.50. The van der Waals surface area contributed by atoms with Crippen molar-refractivity contribution in [3.05, 3.63) is 112 Å². The van der Waals surface area contributed by atoms with Crippen LogP contribution < -0.4 is 4.90 Å². The lowest BCUT2D eigenvalue weighted by Crippen LogP contribution is -2.31. The van der Waals surface area contributed by atoms with Gasteiger partial charge in [0.25, 0.3) is 5.91 Å². The Morgan fingerprint density at radius 1 is 0.938 bits per heavy atom. The number of benzene rings is 3. The summed E-state index contributed by atoms with van der Waals surface area (Å²) in [6, 6.07) is 25.8. The van der Waals surface area contributed by atoms with Gasteiger partial charge in [0.05, 0.1) is 12.2 Å².